The Morgan fingerprint density at radius 3 is 3.04 bits per heavy atom. The molecule has 0 unspecified atom stereocenters. The first kappa shape index (κ1) is 16.5. The number of tetrazole rings is 1. The second-order valence-electron chi connectivity index (χ2n) is 4.76. The zero-order valence-corrected chi connectivity index (χ0v) is 15.7. The number of nitrogens with zero attached hydrogens (tertiary/aromatic N) is 4. The minimum absolute atomic E-state index is 0.752. The van der Waals surface area contributed by atoms with Crippen molar-refractivity contribution in [3.8, 4) is 5.75 Å². The molecule has 1 aromatic carbocycles. The van der Waals surface area contributed by atoms with E-state index < -0.39 is 0 Å². The van der Waals surface area contributed by atoms with Crippen molar-refractivity contribution < 1.29 is 4.74 Å². The van der Waals surface area contributed by atoms with E-state index in [4.69, 9.17) is 4.74 Å². The lowest BCUT2D eigenvalue weighted by Crippen LogP contribution is -2.04. The van der Waals surface area contributed by atoms with Gasteiger partial charge in [-0.2, -0.15) is 0 Å². The van der Waals surface area contributed by atoms with Gasteiger partial charge in [-0.15, -0.1) is 16.4 Å². The van der Waals surface area contributed by atoms with Gasteiger partial charge in [0.15, 0.2) is 0 Å². The molecule has 120 valence electrons. The summed E-state index contributed by atoms with van der Waals surface area (Å²) in [5.41, 5.74) is 1.11. The highest BCUT2D eigenvalue weighted by Crippen LogP contribution is 2.29. The lowest BCUT2D eigenvalue weighted by atomic mass is 10.2. The Balaban J connectivity index is 1.65. The summed E-state index contributed by atoms with van der Waals surface area (Å²) >= 11 is 6.87. The average molecular weight is 411 g/mol. The van der Waals surface area contributed by atoms with Crippen molar-refractivity contribution in [2.45, 2.75) is 23.9 Å². The Hall–Kier alpha value is -1.38. The van der Waals surface area contributed by atoms with Crippen LogP contribution in [0.15, 0.2) is 45.3 Å². The van der Waals surface area contributed by atoms with E-state index in [-0.39, 0.29) is 0 Å². The summed E-state index contributed by atoms with van der Waals surface area (Å²) in [5.74, 6) is 1.63. The van der Waals surface area contributed by atoms with Crippen LogP contribution in [-0.2, 0) is 18.7 Å². The molecule has 0 aliphatic rings. The van der Waals surface area contributed by atoms with Gasteiger partial charge >= 0.3 is 0 Å². The summed E-state index contributed by atoms with van der Waals surface area (Å²) in [7, 11) is 1.68. The number of hydrogen-bond acceptors (Lipinski definition) is 6. The van der Waals surface area contributed by atoms with Crippen LogP contribution in [0, 0.1) is 0 Å². The molecule has 0 aliphatic heterocycles. The van der Waals surface area contributed by atoms with Gasteiger partial charge in [0, 0.05) is 27.1 Å². The minimum Gasteiger partial charge on any atom is -0.496 e. The predicted molar refractivity (Wildman–Crippen MR) is 96.1 cm³/mol. The van der Waals surface area contributed by atoms with Crippen LogP contribution in [0.3, 0.4) is 0 Å². The molecular formula is C15H15BrN4OS2. The van der Waals surface area contributed by atoms with Crippen LogP contribution in [0.25, 0.3) is 0 Å². The number of rotatable bonds is 7. The third kappa shape index (κ3) is 4.33. The molecule has 3 rings (SSSR count). The molecule has 0 radical (unpaired) electrons. The van der Waals surface area contributed by atoms with E-state index in [1.807, 2.05) is 16.8 Å². The standard InChI is InChI=1S/C15H15BrN4OS2/c1-21-14-5-4-12(16)9-11(14)10-23-15-17-18-19-20(15)7-6-13-3-2-8-22-13/h2-5,8-9H,6-7,10H2,1H3. The molecule has 0 saturated carbocycles. The van der Waals surface area contributed by atoms with Crippen molar-refractivity contribution in [1.29, 1.82) is 0 Å². The molecule has 0 fully saturated rings. The Bertz CT molecular complexity index is 761. The number of thioether (sulfide) groups is 1. The Morgan fingerprint density at radius 1 is 1.35 bits per heavy atom. The van der Waals surface area contributed by atoms with Gasteiger partial charge in [-0.25, -0.2) is 4.68 Å². The quantitative estimate of drug-likeness (QED) is 0.550. The zero-order valence-electron chi connectivity index (χ0n) is 12.5. The highest BCUT2D eigenvalue weighted by atomic mass is 79.9. The fourth-order valence-corrected chi connectivity index (χ4v) is 4.10. The maximum atomic E-state index is 5.41. The molecule has 3 aromatic rings. The van der Waals surface area contributed by atoms with Crippen LogP contribution in [0.1, 0.15) is 10.4 Å². The maximum Gasteiger partial charge on any atom is 0.209 e. The molecule has 2 heterocycles. The molecule has 0 atom stereocenters. The first-order valence-electron chi connectivity index (χ1n) is 7.00. The minimum atomic E-state index is 0.752. The number of thiophene rings is 1. The molecule has 8 heteroatoms. The van der Waals surface area contributed by atoms with Crippen LogP contribution in [0.2, 0.25) is 0 Å². The number of benzene rings is 1. The molecule has 0 bridgehead atoms. The highest BCUT2D eigenvalue weighted by molar-refractivity contribution is 9.10. The van der Waals surface area contributed by atoms with E-state index >= 15 is 0 Å². The molecule has 0 spiro atoms. The third-order valence-corrected chi connectivity index (χ3v) is 5.68. The van der Waals surface area contributed by atoms with Gasteiger partial charge in [0.25, 0.3) is 0 Å². The summed E-state index contributed by atoms with van der Waals surface area (Å²) in [4.78, 5) is 1.34. The fraction of sp³-hybridized carbons (Fsp3) is 0.267. The van der Waals surface area contributed by atoms with Crippen molar-refractivity contribution in [2.24, 2.45) is 0 Å². The lowest BCUT2D eigenvalue weighted by Gasteiger charge is -2.08. The van der Waals surface area contributed by atoms with Gasteiger partial charge in [0.2, 0.25) is 5.16 Å². The molecular weight excluding hydrogens is 396 g/mol. The van der Waals surface area contributed by atoms with Crippen LogP contribution < -0.4 is 4.74 Å². The topological polar surface area (TPSA) is 52.8 Å². The summed E-state index contributed by atoms with van der Waals surface area (Å²) in [5, 5.41) is 14.9. The number of methoxy groups -OCH3 is 1. The van der Waals surface area contributed by atoms with E-state index in [2.05, 4.69) is 55.0 Å². The summed E-state index contributed by atoms with van der Waals surface area (Å²) in [6.45, 7) is 0.783. The summed E-state index contributed by atoms with van der Waals surface area (Å²) in [6.07, 6.45) is 0.941. The Morgan fingerprint density at radius 2 is 2.26 bits per heavy atom. The van der Waals surface area contributed by atoms with Crippen molar-refractivity contribution in [3.05, 3.63) is 50.6 Å². The zero-order chi connectivity index (χ0) is 16.1. The van der Waals surface area contributed by atoms with E-state index in [0.29, 0.717) is 0 Å². The molecule has 23 heavy (non-hydrogen) atoms. The first-order chi connectivity index (χ1) is 11.3. The van der Waals surface area contributed by atoms with Crippen molar-refractivity contribution >= 4 is 39.0 Å². The SMILES string of the molecule is COc1ccc(Br)cc1CSc1nnnn1CCc1cccs1. The summed E-state index contributed by atoms with van der Waals surface area (Å²) < 4.78 is 8.30. The van der Waals surface area contributed by atoms with Crippen LogP contribution in [0.4, 0.5) is 0 Å². The Kier molecular flexibility index (Phi) is 5.69. The smallest absolute Gasteiger partial charge is 0.209 e. The van der Waals surface area contributed by atoms with Gasteiger partial charge in [-0.3, -0.25) is 0 Å². The van der Waals surface area contributed by atoms with E-state index in [1.165, 1.54) is 4.88 Å². The molecule has 0 N–H and O–H groups in total. The number of hydrogen-bond donors (Lipinski definition) is 0. The van der Waals surface area contributed by atoms with E-state index in [9.17, 15) is 0 Å². The number of aryl methyl sites for hydroxylation is 2. The largest absolute Gasteiger partial charge is 0.496 e. The Labute approximate surface area is 151 Å². The van der Waals surface area contributed by atoms with Gasteiger partial charge < -0.3 is 4.74 Å². The highest BCUT2D eigenvalue weighted by Gasteiger charge is 2.10. The summed E-state index contributed by atoms with van der Waals surface area (Å²) in [6, 6.07) is 10.2. The number of ether oxygens (including phenoxy) is 1. The second kappa shape index (κ2) is 7.94. The van der Waals surface area contributed by atoms with E-state index in [0.717, 1.165) is 39.7 Å². The second-order valence-corrected chi connectivity index (χ2v) is 7.65. The van der Waals surface area contributed by atoms with Gasteiger partial charge in [0.1, 0.15) is 5.75 Å². The van der Waals surface area contributed by atoms with E-state index in [1.54, 1.807) is 30.2 Å². The average Bonchev–Trinajstić information content (AvgIpc) is 3.22. The van der Waals surface area contributed by atoms with Gasteiger partial charge in [-0.1, -0.05) is 33.8 Å². The third-order valence-electron chi connectivity index (χ3n) is 3.25. The number of aromatic nitrogens is 4. The normalized spacial score (nSPS) is 10.9. The van der Waals surface area contributed by atoms with Gasteiger partial charge in [0.05, 0.1) is 13.7 Å². The molecule has 2 aromatic heterocycles. The molecule has 5 nitrogen and oxygen atoms in total. The van der Waals surface area contributed by atoms with Crippen LogP contribution in [0.5, 0.6) is 5.75 Å². The molecule has 0 aliphatic carbocycles. The monoisotopic (exact) mass is 410 g/mol. The molecule has 0 amide bonds. The van der Waals surface area contributed by atoms with Gasteiger partial charge in [-0.05, 0) is 40.1 Å². The predicted octanol–water partition coefficient (Wildman–Crippen LogP) is 4.04. The fourth-order valence-electron chi connectivity index (χ4n) is 2.11. The van der Waals surface area contributed by atoms with Crippen LogP contribution in [-0.4, -0.2) is 27.3 Å². The molecule has 0 saturated heterocycles. The van der Waals surface area contributed by atoms with Crippen LogP contribution >= 0.6 is 39.0 Å². The lowest BCUT2D eigenvalue weighted by molar-refractivity contribution is 0.411. The first-order valence-corrected chi connectivity index (χ1v) is 9.66. The van der Waals surface area contributed by atoms with Crippen molar-refractivity contribution in [2.75, 3.05) is 7.11 Å². The van der Waals surface area contributed by atoms with Crippen molar-refractivity contribution in [3.63, 3.8) is 0 Å². The number of halogens is 1. The maximum absolute atomic E-state index is 5.41. The van der Waals surface area contributed by atoms with Crippen molar-refractivity contribution in [1.82, 2.24) is 20.2 Å².